The van der Waals surface area contributed by atoms with Gasteiger partial charge in [0.05, 0.1) is 0 Å². The smallest absolute Gasteiger partial charge is 0.150 e. The fourth-order valence-electron chi connectivity index (χ4n) is 1.56. The van der Waals surface area contributed by atoms with Crippen LogP contribution in [0.2, 0.25) is 5.02 Å². The molecule has 1 aromatic carbocycles. The average Bonchev–Trinajstić information content (AvgIpc) is 2.33. The van der Waals surface area contributed by atoms with Crippen molar-refractivity contribution in [3.63, 3.8) is 0 Å². The van der Waals surface area contributed by atoms with Gasteiger partial charge < -0.3 is 0 Å². The Morgan fingerprint density at radius 3 is 2.62 bits per heavy atom. The normalized spacial score (nSPS) is 10.1. The molecule has 0 spiro atoms. The number of carbonyl (C=O) groups excluding carboxylic acids is 1. The standard InChI is InChI=1S/C13H10ClNO/c14-13-2-1-11(12(8-13)9-16)7-10-3-5-15-6-4-10/h1-6,8-9H,7H2. The average molecular weight is 232 g/mol. The Hall–Kier alpha value is -1.67. The molecule has 1 aromatic heterocycles. The molecule has 0 N–H and O–H groups in total. The number of hydrogen-bond acceptors (Lipinski definition) is 2. The first kappa shape index (κ1) is 10.8. The zero-order valence-corrected chi connectivity index (χ0v) is 9.32. The van der Waals surface area contributed by atoms with Crippen molar-refractivity contribution in [1.82, 2.24) is 4.98 Å². The molecule has 1 heterocycles. The van der Waals surface area contributed by atoms with Gasteiger partial charge in [-0.05, 0) is 41.8 Å². The zero-order valence-electron chi connectivity index (χ0n) is 8.56. The largest absolute Gasteiger partial charge is 0.298 e. The predicted octanol–water partition coefficient (Wildman–Crippen LogP) is 3.14. The first-order valence-corrected chi connectivity index (χ1v) is 5.30. The molecular formula is C13H10ClNO. The van der Waals surface area contributed by atoms with Crippen LogP contribution in [0.25, 0.3) is 0 Å². The molecule has 2 aromatic rings. The Morgan fingerprint density at radius 1 is 1.19 bits per heavy atom. The molecule has 2 rings (SSSR count). The van der Waals surface area contributed by atoms with Crippen molar-refractivity contribution in [1.29, 1.82) is 0 Å². The minimum absolute atomic E-state index is 0.584. The van der Waals surface area contributed by atoms with Gasteiger partial charge in [-0.25, -0.2) is 0 Å². The number of rotatable bonds is 3. The maximum absolute atomic E-state index is 10.9. The van der Waals surface area contributed by atoms with E-state index in [1.165, 1.54) is 0 Å². The van der Waals surface area contributed by atoms with Crippen LogP contribution in [-0.2, 0) is 6.42 Å². The van der Waals surface area contributed by atoms with E-state index in [1.54, 1.807) is 24.5 Å². The van der Waals surface area contributed by atoms with Gasteiger partial charge in [0.25, 0.3) is 0 Å². The summed E-state index contributed by atoms with van der Waals surface area (Å²) in [5, 5.41) is 0.584. The maximum Gasteiger partial charge on any atom is 0.150 e. The van der Waals surface area contributed by atoms with Crippen LogP contribution in [0.15, 0.2) is 42.7 Å². The Bertz CT molecular complexity index is 497. The van der Waals surface area contributed by atoms with E-state index in [9.17, 15) is 4.79 Å². The summed E-state index contributed by atoms with van der Waals surface area (Å²) >= 11 is 5.83. The molecular weight excluding hydrogens is 222 g/mol. The van der Waals surface area contributed by atoms with Crippen LogP contribution in [0.1, 0.15) is 21.5 Å². The van der Waals surface area contributed by atoms with Gasteiger partial charge in [0.1, 0.15) is 6.29 Å². The second-order valence-electron chi connectivity index (χ2n) is 3.49. The lowest BCUT2D eigenvalue weighted by Crippen LogP contribution is -1.94. The van der Waals surface area contributed by atoms with E-state index in [0.717, 1.165) is 17.4 Å². The van der Waals surface area contributed by atoms with Gasteiger partial charge in [0, 0.05) is 23.0 Å². The van der Waals surface area contributed by atoms with Crippen molar-refractivity contribution in [3.8, 4) is 0 Å². The summed E-state index contributed by atoms with van der Waals surface area (Å²) in [6.45, 7) is 0. The Morgan fingerprint density at radius 2 is 1.94 bits per heavy atom. The monoisotopic (exact) mass is 231 g/mol. The molecule has 0 saturated carbocycles. The lowest BCUT2D eigenvalue weighted by molar-refractivity contribution is 0.112. The van der Waals surface area contributed by atoms with E-state index in [4.69, 9.17) is 11.6 Å². The molecule has 0 amide bonds. The van der Waals surface area contributed by atoms with Crippen LogP contribution < -0.4 is 0 Å². The van der Waals surface area contributed by atoms with Crippen LogP contribution in [0.5, 0.6) is 0 Å². The fourth-order valence-corrected chi connectivity index (χ4v) is 1.74. The zero-order chi connectivity index (χ0) is 11.4. The highest BCUT2D eigenvalue weighted by molar-refractivity contribution is 6.30. The molecule has 0 aliphatic carbocycles. The lowest BCUT2D eigenvalue weighted by atomic mass is 10.0. The van der Waals surface area contributed by atoms with E-state index < -0.39 is 0 Å². The second-order valence-corrected chi connectivity index (χ2v) is 3.93. The van der Waals surface area contributed by atoms with Gasteiger partial charge >= 0.3 is 0 Å². The van der Waals surface area contributed by atoms with Crippen molar-refractivity contribution in [2.24, 2.45) is 0 Å². The minimum Gasteiger partial charge on any atom is -0.298 e. The van der Waals surface area contributed by atoms with E-state index in [1.807, 2.05) is 18.2 Å². The summed E-state index contributed by atoms with van der Waals surface area (Å²) in [4.78, 5) is 14.9. The first-order chi connectivity index (χ1) is 7.79. The van der Waals surface area contributed by atoms with Gasteiger partial charge in [-0.3, -0.25) is 9.78 Å². The van der Waals surface area contributed by atoms with Gasteiger partial charge in [-0.2, -0.15) is 0 Å². The van der Waals surface area contributed by atoms with Crippen LogP contribution in [0, 0.1) is 0 Å². The van der Waals surface area contributed by atoms with Crippen molar-refractivity contribution >= 4 is 17.9 Å². The number of pyridine rings is 1. The third-order valence-electron chi connectivity index (χ3n) is 2.38. The summed E-state index contributed by atoms with van der Waals surface area (Å²) in [7, 11) is 0. The molecule has 0 saturated heterocycles. The SMILES string of the molecule is O=Cc1cc(Cl)ccc1Cc1ccncc1. The van der Waals surface area contributed by atoms with Crippen molar-refractivity contribution in [3.05, 3.63) is 64.4 Å². The van der Waals surface area contributed by atoms with Crippen molar-refractivity contribution in [2.45, 2.75) is 6.42 Å². The maximum atomic E-state index is 10.9. The predicted molar refractivity (Wildman–Crippen MR) is 63.9 cm³/mol. The number of aldehydes is 1. The fraction of sp³-hybridized carbons (Fsp3) is 0.0769. The van der Waals surface area contributed by atoms with Crippen LogP contribution >= 0.6 is 11.6 Å². The highest BCUT2D eigenvalue weighted by Crippen LogP contribution is 2.17. The molecule has 3 heteroatoms. The van der Waals surface area contributed by atoms with Gasteiger partial charge in [0.2, 0.25) is 0 Å². The molecule has 80 valence electrons. The highest BCUT2D eigenvalue weighted by atomic mass is 35.5. The lowest BCUT2D eigenvalue weighted by Gasteiger charge is -2.05. The van der Waals surface area contributed by atoms with Crippen molar-refractivity contribution in [2.75, 3.05) is 0 Å². The number of hydrogen-bond donors (Lipinski definition) is 0. The molecule has 0 unspecified atom stereocenters. The molecule has 0 fully saturated rings. The second kappa shape index (κ2) is 4.90. The molecule has 0 atom stereocenters. The quantitative estimate of drug-likeness (QED) is 0.760. The highest BCUT2D eigenvalue weighted by Gasteiger charge is 2.03. The first-order valence-electron chi connectivity index (χ1n) is 4.92. The van der Waals surface area contributed by atoms with E-state index in [0.29, 0.717) is 17.0 Å². The van der Waals surface area contributed by atoms with E-state index in [-0.39, 0.29) is 0 Å². The summed E-state index contributed by atoms with van der Waals surface area (Å²) in [6.07, 6.45) is 5.04. The third kappa shape index (κ3) is 2.47. The number of nitrogens with zero attached hydrogens (tertiary/aromatic N) is 1. The molecule has 0 aliphatic rings. The van der Waals surface area contributed by atoms with Gasteiger partial charge in [-0.1, -0.05) is 17.7 Å². The Kier molecular flexibility index (Phi) is 3.32. The number of benzene rings is 1. The molecule has 16 heavy (non-hydrogen) atoms. The van der Waals surface area contributed by atoms with Crippen LogP contribution in [-0.4, -0.2) is 11.3 Å². The van der Waals surface area contributed by atoms with Crippen molar-refractivity contribution < 1.29 is 4.79 Å². The van der Waals surface area contributed by atoms with E-state index in [2.05, 4.69) is 4.98 Å². The number of carbonyl (C=O) groups is 1. The summed E-state index contributed by atoms with van der Waals surface area (Å²) in [5.41, 5.74) is 2.75. The number of aromatic nitrogens is 1. The third-order valence-corrected chi connectivity index (χ3v) is 2.61. The molecule has 2 nitrogen and oxygen atoms in total. The van der Waals surface area contributed by atoms with Crippen LogP contribution in [0.3, 0.4) is 0 Å². The van der Waals surface area contributed by atoms with E-state index >= 15 is 0 Å². The van der Waals surface area contributed by atoms with Crippen LogP contribution in [0.4, 0.5) is 0 Å². The van der Waals surface area contributed by atoms with Gasteiger partial charge in [-0.15, -0.1) is 0 Å². The summed E-state index contributed by atoms with van der Waals surface area (Å²) < 4.78 is 0. The summed E-state index contributed by atoms with van der Waals surface area (Å²) in [6, 6.07) is 9.23. The Labute approximate surface area is 98.9 Å². The summed E-state index contributed by atoms with van der Waals surface area (Å²) in [5.74, 6) is 0. The molecule has 0 bridgehead atoms. The molecule has 0 radical (unpaired) electrons. The number of halogens is 1. The molecule has 0 aliphatic heterocycles. The van der Waals surface area contributed by atoms with Gasteiger partial charge in [0.15, 0.2) is 0 Å². The Balaban J connectivity index is 2.31. The minimum atomic E-state index is 0.584. The topological polar surface area (TPSA) is 30.0 Å².